The standard InChI is InChI=1S/C16H16F6N2O2/c1-8(7-25)23-6-12(26)10-5-13(16(20,21)22)24-14-9(10)3-2-4-11(14)15(17,18)19/h2-5,8,12,23,25-26H,6-7H2,1H3/t8-,12+/m0/s1. The van der Waals surface area contributed by atoms with Crippen LogP contribution in [0.25, 0.3) is 10.9 Å². The van der Waals surface area contributed by atoms with E-state index in [9.17, 15) is 31.4 Å². The molecule has 0 radical (unpaired) electrons. The molecule has 0 saturated carbocycles. The first-order valence-corrected chi connectivity index (χ1v) is 7.55. The minimum atomic E-state index is -4.98. The maximum Gasteiger partial charge on any atom is 0.433 e. The first-order chi connectivity index (χ1) is 11.9. The highest BCUT2D eigenvalue weighted by Crippen LogP contribution is 2.38. The molecule has 0 spiro atoms. The number of aliphatic hydroxyl groups is 2. The van der Waals surface area contributed by atoms with Gasteiger partial charge in [-0.2, -0.15) is 26.3 Å². The Labute approximate surface area is 144 Å². The summed E-state index contributed by atoms with van der Waals surface area (Å²) in [4.78, 5) is 3.15. The van der Waals surface area contributed by atoms with Crippen LogP contribution in [0, 0.1) is 0 Å². The van der Waals surface area contributed by atoms with E-state index < -0.39 is 41.3 Å². The van der Waals surface area contributed by atoms with Gasteiger partial charge in [0.2, 0.25) is 0 Å². The second-order valence-corrected chi connectivity index (χ2v) is 5.80. The van der Waals surface area contributed by atoms with Crippen LogP contribution in [0.15, 0.2) is 24.3 Å². The van der Waals surface area contributed by atoms with E-state index in [2.05, 4.69) is 10.3 Å². The zero-order valence-electron chi connectivity index (χ0n) is 13.5. The topological polar surface area (TPSA) is 65.4 Å². The molecule has 2 aromatic rings. The van der Waals surface area contributed by atoms with E-state index in [0.29, 0.717) is 12.1 Å². The van der Waals surface area contributed by atoms with Crippen molar-refractivity contribution >= 4 is 10.9 Å². The summed E-state index contributed by atoms with van der Waals surface area (Å²) in [7, 11) is 0. The van der Waals surface area contributed by atoms with Crippen LogP contribution in [-0.4, -0.2) is 34.4 Å². The van der Waals surface area contributed by atoms with Gasteiger partial charge >= 0.3 is 12.4 Å². The Morgan fingerprint density at radius 3 is 2.31 bits per heavy atom. The molecule has 0 bridgehead atoms. The van der Waals surface area contributed by atoms with Crippen LogP contribution in [0.3, 0.4) is 0 Å². The molecule has 1 aromatic carbocycles. The summed E-state index contributed by atoms with van der Waals surface area (Å²) in [6, 6.07) is 2.94. The highest BCUT2D eigenvalue weighted by atomic mass is 19.4. The number of nitrogens with zero attached hydrogens (tertiary/aromatic N) is 1. The highest BCUT2D eigenvalue weighted by Gasteiger charge is 2.37. The number of para-hydroxylation sites is 1. The first kappa shape index (κ1) is 20.4. The monoisotopic (exact) mass is 382 g/mol. The number of aliphatic hydroxyl groups excluding tert-OH is 2. The van der Waals surface area contributed by atoms with Crippen molar-refractivity contribution in [3.05, 3.63) is 41.1 Å². The quantitative estimate of drug-likeness (QED) is 0.695. The van der Waals surface area contributed by atoms with Crippen molar-refractivity contribution in [3.8, 4) is 0 Å². The van der Waals surface area contributed by atoms with Crippen LogP contribution in [0.2, 0.25) is 0 Å². The lowest BCUT2D eigenvalue weighted by Gasteiger charge is -2.20. The molecule has 4 nitrogen and oxygen atoms in total. The zero-order valence-corrected chi connectivity index (χ0v) is 13.5. The molecule has 1 heterocycles. The summed E-state index contributed by atoms with van der Waals surface area (Å²) in [5.41, 5.74) is -4.04. The van der Waals surface area contributed by atoms with Crippen LogP contribution in [0.4, 0.5) is 26.3 Å². The van der Waals surface area contributed by atoms with Crippen LogP contribution in [0.1, 0.15) is 29.8 Å². The summed E-state index contributed by atoms with van der Waals surface area (Å²) in [5.74, 6) is 0. The molecule has 1 aromatic heterocycles. The summed E-state index contributed by atoms with van der Waals surface area (Å²) in [6.45, 7) is 1.03. The number of fused-ring (bicyclic) bond motifs is 1. The van der Waals surface area contributed by atoms with Gasteiger partial charge in [0.15, 0.2) is 0 Å². The average molecular weight is 382 g/mol. The van der Waals surface area contributed by atoms with Crippen molar-refractivity contribution in [1.29, 1.82) is 0 Å². The van der Waals surface area contributed by atoms with E-state index in [1.54, 1.807) is 6.92 Å². The third kappa shape index (κ3) is 4.43. The fourth-order valence-electron chi connectivity index (χ4n) is 2.41. The second kappa shape index (κ2) is 7.37. The normalized spacial score (nSPS) is 15.3. The number of benzene rings is 1. The first-order valence-electron chi connectivity index (χ1n) is 7.55. The predicted molar refractivity (Wildman–Crippen MR) is 81.3 cm³/mol. The van der Waals surface area contributed by atoms with E-state index in [1.807, 2.05) is 0 Å². The second-order valence-electron chi connectivity index (χ2n) is 5.80. The number of hydrogen-bond donors (Lipinski definition) is 3. The van der Waals surface area contributed by atoms with E-state index in [-0.39, 0.29) is 24.1 Å². The third-order valence-electron chi connectivity index (χ3n) is 3.76. The van der Waals surface area contributed by atoms with Gasteiger partial charge in [0.05, 0.1) is 23.8 Å². The molecule has 2 rings (SSSR count). The molecule has 26 heavy (non-hydrogen) atoms. The molecule has 0 unspecified atom stereocenters. The summed E-state index contributed by atoms with van der Waals surface area (Å²) >= 11 is 0. The Morgan fingerprint density at radius 1 is 1.12 bits per heavy atom. The number of hydrogen-bond acceptors (Lipinski definition) is 4. The van der Waals surface area contributed by atoms with Crippen molar-refractivity contribution in [1.82, 2.24) is 10.3 Å². The number of pyridine rings is 1. The van der Waals surface area contributed by atoms with Crippen LogP contribution < -0.4 is 5.32 Å². The van der Waals surface area contributed by atoms with Crippen LogP contribution >= 0.6 is 0 Å². The molecule has 3 N–H and O–H groups in total. The summed E-state index contributed by atoms with van der Waals surface area (Å²) in [6.07, 6.45) is -11.4. The van der Waals surface area contributed by atoms with E-state index in [0.717, 1.165) is 6.07 Å². The summed E-state index contributed by atoms with van der Waals surface area (Å²) in [5, 5.41) is 21.6. The molecule has 2 atom stereocenters. The van der Waals surface area contributed by atoms with Crippen molar-refractivity contribution in [2.45, 2.75) is 31.4 Å². The Balaban J connectivity index is 2.64. The molecule has 0 fully saturated rings. The number of nitrogens with one attached hydrogen (secondary N) is 1. The number of aromatic nitrogens is 1. The molecule has 10 heteroatoms. The lowest BCUT2D eigenvalue weighted by atomic mass is 9.99. The van der Waals surface area contributed by atoms with Gasteiger partial charge in [-0.15, -0.1) is 0 Å². The molecule has 0 aliphatic heterocycles. The lowest BCUT2D eigenvalue weighted by Crippen LogP contribution is -2.33. The molecular weight excluding hydrogens is 366 g/mol. The van der Waals surface area contributed by atoms with Gasteiger partial charge in [-0.3, -0.25) is 0 Å². The fraction of sp³-hybridized carbons (Fsp3) is 0.438. The van der Waals surface area contributed by atoms with Gasteiger partial charge in [0, 0.05) is 18.0 Å². The van der Waals surface area contributed by atoms with Gasteiger partial charge in [0.25, 0.3) is 0 Å². The lowest BCUT2D eigenvalue weighted by molar-refractivity contribution is -0.142. The van der Waals surface area contributed by atoms with Gasteiger partial charge < -0.3 is 15.5 Å². The van der Waals surface area contributed by atoms with Crippen LogP contribution in [-0.2, 0) is 12.4 Å². The van der Waals surface area contributed by atoms with E-state index >= 15 is 0 Å². The van der Waals surface area contributed by atoms with E-state index in [1.165, 1.54) is 6.07 Å². The Kier molecular flexibility index (Phi) is 5.79. The smallest absolute Gasteiger partial charge is 0.395 e. The number of halogens is 6. The molecule has 0 saturated heterocycles. The van der Waals surface area contributed by atoms with E-state index in [4.69, 9.17) is 5.11 Å². The summed E-state index contributed by atoms with van der Waals surface area (Å²) < 4.78 is 78.7. The largest absolute Gasteiger partial charge is 0.433 e. The molecule has 0 aliphatic rings. The van der Waals surface area contributed by atoms with Crippen molar-refractivity contribution in [2.24, 2.45) is 0 Å². The van der Waals surface area contributed by atoms with Gasteiger partial charge in [-0.1, -0.05) is 12.1 Å². The van der Waals surface area contributed by atoms with Gasteiger partial charge in [-0.25, -0.2) is 4.98 Å². The van der Waals surface area contributed by atoms with Crippen molar-refractivity contribution in [2.75, 3.05) is 13.2 Å². The van der Waals surface area contributed by atoms with Crippen LogP contribution in [0.5, 0.6) is 0 Å². The Morgan fingerprint density at radius 2 is 1.77 bits per heavy atom. The Hall–Kier alpha value is -1.91. The highest BCUT2D eigenvalue weighted by molar-refractivity contribution is 5.86. The average Bonchev–Trinajstić information content (AvgIpc) is 2.55. The minimum Gasteiger partial charge on any atom is -0.395 e. The molecule has 0 aliphatic carbocycles. The maximum atomic E-state index is 13.2. The van der Waals surface area contributed by atoms with Gasteiger partial charge in [0.1, 0.15) is 5.69 Å². The van der Waals surface area contributed by atoms with Crippen molar-refractivity contribution in [3.63, 3.8) is 0 Å². The number of rotatable bonds is 5. The minimum absolute atomic E-state index is 0.223. The number of alkyl halides is 6. The Bertz CT molecular complexity index is 776. The SMILES string of the molecule is C[C@@H](CO)NC[C@@H](O)c1cc(C(F)(F)F)nc2c(C(F)(F)F)cccc12. The predicted octanol–water partition coefficient (Wildman–Crippen LogP) is 3.28. The van der Waals surface area contributed by atoms with Crippen molar-refractivity contribution < 1.29 is 36.6 Å². The fourth-order valence-corrected chi connectivity index (χ4v) is 2.41. The molecule has 144 valence electrons. The zero-order chi connectivity index (χ0) is 19.7. The van der Waals surface area contributed by atoms with Gasteiger partial charge in [-0.05, 0) is 24.6 Å². The molecular formula is C16H16F6N2O2. The maximum absolute atomic E-state index is 13.2. The third-order valence-corrected chi connectivity index (χ3v) is 3.76. The molecule has 0 amide bonds.